The highest BCUT2D eigenvalue weighted by Gasteiger charge is 2.21. The Morgan fingerprint density at radius 1 is 1.41 bits per heavy atom. The van der Waals surface area contributed by atoms with E-state index in [1.165, 1.54) is 0 Å². The molecule has 2 N–H and O–H groups in total. The summed E-state index contributed by atoms with van der Waals surface area (Å²) in [6, 6.07) is 5.51. The van der Waals surface area contributed by atoms with Gasteiger partial charge in [-0.15, -0.1) is 0 Å². The smallest absolute Gasteiger partial charge is 0.274 e. The van der Waals surface area contributed by atoms with E-state index in [1.54, 1.807) is 12.1 Å². The van der Waals surface area contributed by atoms with Crippen LogP contribution >= 0.6 is 0 Å². The van der Waals surface area contributed by atoms with Crippen LogP contribution in [-0.2, 0) is 0 Å². The standard InChI is InChI=1S/C12H17N3O2/c1-9-11(3-2-4-12(9)15(16)17)14-7-5-10(13)6-8-14/h2-4,10H,5-8,13H2,1H3. The molecule has 1 aromatic carbocycles. The number of nitrogens with two attached hydrogens (primary N) is 1. The summed E-state index contributed by atoms with van der Waals surface area (Å²) in [6.45, 7) is 3.56. The first-order valence-corrected chi connectivity index (χ1v) is 5.84. The average molecular weight is 235 g/mol. The Morgan fingerprint density at radius 2 is 2.06 bits per heavy atom. The van der Waals surface area contributed by atoms with Gasteiger partial charge in [-0.05, 0) is 25.8 Å². The Hall–Kier alpha value is -1.62. The molecule has 0 radical (unpaired) electrons. The first kappa shape index (κ1) is 11.9. The zero-order valence-corrected chi connectivity index (χ0v) is 9.93. The molecule has 92 valence electrons. The number of nitro groups is 1. The molecule has 1 aliphatic rings. The summed E-state index contributed by atoms with van der Waals surface area (Å²) < 4.78 is 0. The summed E-state index contributed by atoms with van der Waals surface area (Å²) in [5, 5.41) is 10.9. The Bertz CT molecular complexity index is 426. The molecule has 5 heteroatoms. The molecule has 1 heterocycles. The molecule has 0 atom stereocenters. The molecule has 0 amide bonds. The monoisotopic (exact) mass is 235 g/mol. The third-order valence-corrected chi connectivity index (χ3v) is 3.35. The van der Waals surface area contributed by atoms with Crippen LogP contribution < -0.4 is 10.6 Å². The highest BCUT2D eigenvalue weighted by atomic mass is 16.6. The SMILES string of the molecule is Cc1c(N2CCC(N)CC2)cccc1[N+](=O)[O-]. The second-order valence-corrected chi connectivity index (χ2v) is 4.50. The van der Waals surface area contributed by atoms with Crippen LogP contribution in [0.15, 0.2) is 18.2 Å². The normalized spacial score (nSPS) is 17.2. The predicted octanol–water partition coefficient (Wildman–Crippen LogP) is 1.83. The van der Waals surface area contributed by atoms with Gasteiger partial charge in [0.1, 0.15) is 0 Å². The first-order valence-electron chi connectivity index (χ1n) is 5.84. The minimum absolute atomic E-state index is 0.192. The van der Waals surface area contributed by atoms with Crippen LogP contribution in [-0.4, -0.2) is 24.1 Å². The van der Waals surface area contributed by atoms with Gasteiger partial charge in [-0.25, -0.2) is 0 Å². The lowest BCUT2D eigenvalue weighted by molar-refractivity contribution is -0.385. The van der Waals surface area contributed by atoms with Crippen molar-refractivity contribution in [1.29, 1.82) is 0 Å². The van der Waals surface area contributed by atoms with Gasteiger partial charge in [-0.3, -0.25) is 10.1 Å². The van der Waals surface area contributed by atoms with Gasteiger partial charge in [0.2, 0.25) is 0 Å². The van der Waals surface area contributed by atoms with Gasteiger partial charge in [-0.2, -0.15) is 0 Å². The van der Waals surface area contributed by atoms with Crippen molar-refractivity contribution in [1.82, 2.24) is 0 Å². The Morgan fingerprint density at radius 3 is 2.65 bits per heavy atom. The number of benzene rings is 1. The van der Waals surface area contributed by atoms with Crippen LogP contribution in [0.3, 0.4) is 0 Å². The third kappa shape index (κ3) is 2.39. The van der Waals surface area contributed by atoms with Crippen molar-refractivity contribution in [2.45, 2.75) is 25.8 Å². The van der Waals surface area contributed by atoms with Crippen LogP contribution in [0, 0.1) is 17.0 Å². The zero-order chi connectivity index (χ0) is 12.4. The van der Waals surface area contributed by atoms with Gasteiger partial charge in [0.25, 0.3) is 5.69 Å². The summed E-state index contributed by atoms with van der Waals surface area (Å²) in [5.41, 5.74) is 7.76. The Labute approximate surface area is 100 Å². The summed E-state index contributed by atoms with van der Waals surface area (Å²) in [6.07, 6.45) is 1.89. The Kier molecular flexibility index (Phi) is 3.28. The number of hydrogen-bond donors (Lipinski definition) is 1. The quantitative estimate of drug-likeness (QED) is 0.627. The van der Waals surface area contributed by atoms with E-state index >= 15 is 0 Å². The summed E-state index contributed by atoms with van der Waals surface area (Å²) in [7, 11) is 0. The average Bonchev–Trinajstić information content (AvgIpc) is 2.30. The van der Waals surface area contributed by atoms with E-state index in [9.17, 15) is 10.1 Å². The molecule has 0 unspecified atom stereocenters. The molecule has 0 spiro atoms. The second-order valence-electron chi connectivity index (χ2n) is 4.50. The molecule has 17 heavy (non-hydrogen) atoms. The van der Waals surface area contributed by atoms with Crippen LogP contribution in [0.1, 0.15) is 18.4 Å². The van der Waals surface area contributed by atoms with Gasteiger partial charge in [0.05, 0.1) is 10.5 Å². The van der Waals surface area contributed by atoms with E-state index in [0.717, 1.165) is 37.2 Å². The molecule has 5 nitrogen and oxygen atoms in total. The van der Waals surface area contributed by atoms with Gasteiger partial charge in [-0.1, -0.05) is 6.07 Å². The number of nitro benzene ring substituents is 1. The molecule has 2 rings (SSSR count). The minimum Gasteiger partial charge on any atom is -0.371 e. The number of hydrogen-bond acceptors (Lipinski definition) is 4. The number of nitrogens with zero attached hydrogens (tertiary/aromatic N) is 2. The van der Waals surface area contributed by atoms with Gasteiger partial charge in [0, 0.05) is 30.9 Å². The number of anilines is 1. The lowest BCUT2D eigenvalue weighted by atomic mass is 10.0. The highest BCUT2D eigenvalue weighted by molar-refractivity contribution is 5.61. The maximum absolute atomic E-state index is 10.9. The highest BCUT2D eigenvalue weighted by Crippen LogP contribution is 2.29. The lowest BCUT2D eigenvalue weighted by Crippen LogP contribution is -2.40. The van der Waals surface area contributed by atoms with Crippen LogP contribution in [0.4, 0.5) is 11.4 Å². The molecule has 0 bridgehead atoms. The molecule has 0 aromatic heterocycles. The van der Waals surface area contributed by atoms with E-state index in [4.69, 9.17) is 5.73 Å². The molecule has 0 aliphatic carbocycles. The largest absolute Gasteiger partial charge is 0.371 e. The van der Waals surface area contributed by atoms with Crippen molar-refractivity contribution in [3.63, 3.8) is 0 Å². The zero-order valence-electron chi connectivity index (χ0n) is 9.93. The fraction of sp³-hybridized carbons (Fsp3) is 0.500. The van der Waals surface area contributed by atoms with E-state index < -0.39 is 0 Å². The van der Waals surface area contributed by atoms with Crippen molar-refractivity contribution in [2.24, 2.45) is 5.73 Å². The fourth-order valence-electron chi connectivity index (χ4n) is 2.29. The van der Waals surface area contributed by atoms with E-state index in [-0.39, 0.29) is 16.7 Å². The molecular weight excluding hydrogens is 218 g/mol. The number of piperidine rings is 1. The second kappa shape index (κ2) is 4.71. The molecular formula is C12H17N3O2. The maximum atomic E-state index is 10.9. The van der Waals surface area contributed by atoms with Crippen LogP contribution in [0.25, 0.3) is 0 Å². The summed E-state index contributed by atoms with van der Waals surface area (Å²) in [5.74, 6) is 0. The van der Waals surface area contributed by atoms with E-state index in [2.05, 4.69) is 4.90 Å². The topological polar surface area (TPSA) is 72.4 Å². The van der Waals surface area contributed by atoms with E-state index in [0.29, 0.717) is 0 Å². The van der Waals surface area contributed by atoms with Gasteiger partial charge < -0.3 is 10.6 Å². The van der Waals surface area contributed by atoms with Crippen LogP contribution in [0.2, 0.25) is 0 Å². The number of rotatable bonds is 2. The molecule has 0 saturated carbocycles. The molecule has 1 aliphatic heterocycles. The maximum Gasteiger partial charge on any atom is 0.274 e. The van der Waals surface area contributed by atoms with Crippen molar-refractivity contribution in [3.8, 4) is 0 Å². The van der Waals surface area contributed by atoms with Gasteiger partial charge >= 0.3 is 0 Å². The first-order chi connectivity index (χ1) is 8.09. The molecule has 1 aromatic rings. The lowest BCUT2D eigenvalue weighted by Gasteiger charge is -2.32. The molecule has 1 saturated heterocycles. The Balaban J connectivity index is 2.27. The molecule has 1 fully saturated rings. The van der Waals surface area contributed by atoms with Gasteiger partial charge in [0.15, 0.2) is 0 Å². The summed E-state index contributed by atoms with van der Waals surface area (Å²) >= 11 is 0. The van der Waals surface area contributed by atoms with Crippen LogP contribution in [0.5, 0.6) is 0 Å². The predicted molar refractivity (Wildman–Crippen MR) is 67.3 cm³/mol. The minimum atomic E-state index is -0.325. The third-order valence-electron chi connectivity index (χ3n) is 3.35. The van der Waals surface area contributed by atoms with Crippen molar-refractivity contribution < 1.29 is 4.92 Å². The van der Waals surface area contributed by atoms with Crippen molar-refractivity contribution in [3.05, 3.63) is 33.9 Å². The van der Waals surface area contributed by atoms with Crippen molar-refractivity contribution >= 4 is 11.4 Å². The summed E-state index contributed by atoms with van der Waals surface area (Å²) in [4.78, 5) is 12.7. The van der Waals surface area contributed by atoms with Crippen molar-refractivity contribution in [2.75, 3.05) is 18.0 Å². The fourth-order valence-corrected chi connectivity index (χ4v) is 2.29. The van der Waals surface area contributed by atoms with E-state index in [1.807, 2.05) is 13.0 Å².